The van der Waals surface area contributed by atoms with Crippen molar-refractivity contribution in [2.45, 2.75) is 25.9 Å². The molecule has 0 fully saturated rings. The Bertz CT molecular complexity index is 641. The molecule has 0 aliphatic heterocycles. The maximum atomic E-state index is 13.7. The van der Waals surface area contributed by atoms with E-state index in [1.54, 1.807) is 0 Å². The molecule has 9 heteroatoms. The van der Waals surface area contributed by atoms with Crippen LogP contribution in [0.2, 0.25) is 0 Å². The van der Waals surface area contributed by atoms with Gasteiger partial charge in [-0.25, -0.2) is 26.6 Å². The third-order valence-electron chi connectivity index (χ3n) is 2.96. The minimum atomic E-state index is -2.22. The van der Waals surface area contributed by atoms with Crippen molar-refractivity contribution in [3.8, 4) is 0 Å². The minimum absolute atomic E-state index is 0.0556. The molecular weight excluding hydrogens is 295 g/mol. The molecule has 1 aromatic heterocycles. The lowest BCUT2D eigenvalue weighted by molar-refractivity contribution is 0.365. The highest BCUT2D eigenvalue weighted by molar-refractivity contribution is 5.31. The Hall–Kier alpha value is -2.03. The number of halogens is 5. The van der Waals surface area contributed by atoms with Crippen molar-refractivity contribution >= 4 is 0 Å². The Balaban J connectivity index is 2.58. The molecule has 1 heterocycles. The normalized spacial score (nSPS) is 12.7. The van der Waals surface area contributed by atoms with Gasteiger partial charge in [-0.05, 0) is 6.42 Å². The predicted molar refractivity (Wildman–Crippen MR) is 62.6 cm³/mol. The zero-order valence-corrected chi connectivity index (χ0v) is 10.9. The second-order valence-electron chi connectivity index (χ2n) is 4.34. The van der Waals surface area contributed by atoms with E-state index in [4.69, 9.17) is 5.73 Å². The molecule has 1 aromatic carbocycles. The van der Waals surface area contributed by atoms with Gasteiger partial charge in [-0.2, -0.15) is 0 Å². The van der Waals surface area contributed by atoms with Gasteiger partial charge < -0.3 is 5.73 Å². The summed E-state index contributed by atoms with van der Waals surface area (Å²) in [6.07, 6.45) is 1.75. The highest BCUT2D eigenvalue weighted by atomic mass is 19.2. The molecule has 0 saturated heterocycles. The number of nitrogens with zero attached hydrogens (tertiary/aromatic N) is 3. The second kappa shape index (κ2) is 5.76. The molecule has 4 nitrogen and oxygen atoms in total. The molecule has 114 valence electrons. The molecule has 0 radical (unpaired) electrons. The van der Waals surface area contributed by atoms with Crippen LogP contribution in [0.25, 0.3) is 0 Å². The number of hydrogen-bond acceptors (Lipinski definition) is 3. The van der Waals surface area contributed by atoms with Crippen molar-refractivity contribution in [3.05, 3.63) is 46.5 Å². The van der Waals surface area contributed by atoms with Gasteiger partial charge in [0.2, 0.25) is 5.82 Å². The van der Waals surface area contributed by atoms with Crippen LogP contribution in [0.5, 0.6) is 0 Å². The summed E-state index contributed by atoms with van der Waals surface area (Å²) in [7, 11) is 0. The SMILES string of the molecule is CCCn1nncc1C(N)c1c(F)c(F)c(F)c(F)c1F. The second-order valence-corrected chi connectivity index (χ2v) is 4.34. The third-order valence-corrected chi connectivity index (χ3v) is 2.96. The summed E-state index contributed by atoms with van der Waals surface area (Å²) in [6, 6.07) is -1.57. The Morgan fingerprint density at radius 3 is 2.10 bits per heavy atom. The third kappa shape index (κ3) is 2.48. The lowest BCUT2D eigenvalue weighted by Gasteiger charge is -2.16. The van der Waals surface area contributed by atoms with E-state index < -0.39 is 40.7 Å². The summed E-state index contributed by atoms with van der Waals surface area (Å²) in [4.78, 5) is 0. The van der Waals surface area contributed by atoms with Crippen LogP contribution in [0, 0.1) is 29.1 Å². The van der Waals surface area contributed by atoms with Crippen LogP contribution in [-0.4, -0.2) is 15.0 Å². The summed E-state index contributed by atoms with van der Waals surface area (Å²) in [5.41, 5.74) is 4.59. The Morgan fingerprint density at radius 2 is 1.57 bits per heavy atom. The number of aryl methyl sites for hydroxylation is 1. The van der Waals surface area contributed by atoms with E-state index in [0.29, 0.717) is 13.0 Å². The molecular formula is C12H11F5N4. The summed E-state index contributed by atoms with van der Waals surface area (Å²) in [6.45, 7) is 2.16. The van der Waals surface area contributed by atoms with Gasteiger partial charge >= 0.3 is 0 Å². The average molecular weight is 306 g/mol. The molecule has 1 atom stereocenters. The highest BCUT2D eigenvalue weighted by Crippen LogP contribution is 2.29. The highest BCUT2D eigenvalue weighted by Gasteiger charge is 2.31. The van der Waals surface area contributed by atoms with Crippen molar-refractivity contribution in [1.82, 2.24) is 15.0 Å². The van der Waals surface area contributed by atoms with Gasteiger partial charge in [0.25, 0.3) is 0 Å². The van der Waals surface area contributed by atoms with Gasteiger partial charge in [0.15, 0.2) is 23.3 Å². The summed E-state index contributed by atoms with van der Waals surface area (Å²) >= 11 is 0. The fraction of sp³-hybridized carbons (Fsp3) is 0.333. The van der Waals surface area contributed by atoms with Crippen LogP contribution >= 0.6 is 0 Å². The van der Waals surface area contributed by atoms with E-state index in [2.05, 4.69) is 10.3 Å². The van der Waals surface area contributed by atoms with Crippen LogP contribution in [0.3, 0.4) is 0 Å². The standard InChI is InChI=1S/C12H11F5N4/c1-2-3-21-5(4-19-20-21)12(18)6-7(13)9(15)11(17)10(16)8(6)14/h4,12H,2-3,18H2,1H3. The number of benzene rings is 1. The van der Waals surface area contributed by atoms with Gasteiger partial charge in [-0.1, -0.05) is 12.1 Å². The van der Waals surface area contributed by atoms with Gasteiger partial charge in [-0.3, -0.25) is 0 Å². The molecule has 0 bridgehead atoms. The lowest BCUT2D eigenvalue weighted by atomic mass is 10.0. The van der Waals surface area contributed by atoms with Crippen molar-refractivity contribution in [2.24, 2.45) is 5.73 Å². The maximum Gasteiger partial charge on any atom is 0.200 e. The minimum Gasteiger partial charge on any atom is -0.319 e. The summed E-state index contributed by atoms with van der Waals surface area (Å²) in [5, 5.41) is 7.19. The first kappa shape index (κ1) is 15.4. The molecule has 0 amide bonds. The van der Waals surface area contributed by atoms with Gasteiger partial charge in [-0.15, -0.1) is 5.10 Å². The molecule has 0 aliphatic rings. The first-order valence-electron chi connectivity index (χ1n) is 6.05. The van der Waals surface area contributed by atoms with Crippen molar-refractivity contribution in [1.29, 1.82) is 0 Å². The van der Waals surface area contributed by atoms with Crippen LogP contribution in [-0.2, 0) is 6.54 Å². The first-order chi connectivity index (χ1) is 9.90. The fourth-order valence-corrected chi connectivity index (χ4v) is 1.93. The number of nitrogens with two attached hydrogens (primary N) is 1. The van der Waals surface area contributed by atoms with Gasteiger partial charge in [0.1, 0.15) is 0 Å². The van der Waals surface area contributed by atoms with Crippen LogP contribution in [0.1, 0.15) is 30.6 Å². The van der Waals surface area contributed by atoms with Crippen molar-refractivity contribution in [2.75, 3.05) is 0 Å². The van der Waals surface area contributed by atoms with E-state index >= 15 is 0 Å². The number of aromatic nitrogens is 3. The Kier molecular flexibility index (Phi) is 4.21. The molecule has 1 unspecified atom stereocenters. The monoisotopic (exact) mass is 306 g/mol. The Morgan fingerprint density at radius 1 is 1.05 bits per heavy atom. The Labute approximate surface area is 116 Å². The number of hydrogen-bond donors (Lipinski definition) is 1. The predicted octanol–water partition coefficient (Wildman–Crippen LogP) is 2.43. The topological polar surface area (TPSA) is 56.7 Å². The molecule has 0 aliphatic carbocycles. The number of rotatable bonds is 4. The van der Waals surface area contributed by atoms with Crippen LogP contribution < -0.4 is 5.73 Å². The molecule has 2 rings (SSSR count). The van der Waals surface area contributed by atoms with Gasteiger partial charge in [0.05, 0.1) is 23.5 Å². The van der Waals surface area contributed by atoms with E-state index in [-0.39, 0.29) is 5.69 Å². The summed E-state index contributed by atoms with van der Waals surface area (Å²) in [5.74, 6) is -10.2. The van der Waals surface area contributed by atoms with E-state index in [1.807, 2.05) is 6.92 Å². The maximum absolute atomic E-state index is 13.7. The van der Waals surface area contributed by atoms with Gasteiger partial charge in [0, 0.05) is 6.54 Å². The van der Waals surface area contributed by atoms with Crippen LogP contribution in [0.15, 0.2) is 6.20 Å². The lowest BCUT2D eigenvalue weighted by Crippen LogP contribution is -2.22. The van der Waals surface area contributed by atoms with E-state index in [1.165, 1.54) is 4.68 Å². The molecule has 0 spiro atoms. The molecule has 0 saturated carbocycles. The molecule has 2 aromatic rings. The summed E-state index contributed by atoms with van der Waals surface area (Å²) < 4.78 is 68.1. The average Bonchev–Trinajstić information content (AvgIpc) is 2.92. The molecule has 21 heavy (non-hydrogen) atoms. The zero-order valence-electron chi connectivity index (χ0n) is 10.9. The zero-order chi connectivity index (χ0) is 15.7. The van der Waals surface area contributed by atoms with Crippen LogP contribution in [0.4, 0.5) is 22.0 Å². The molecule has 2 N–H and O–H groups in total. The quantitative estimate of drug-likeness (QED) is 0.536. The van der Waals surface area contributed by atoms with Crippen molar-refractivity contribution in [3.63, 3.8) is 0 Å². The smallest absolute Gasteiger partial charge is 0.200 e. The van der Waals surface area contributed by atoms with E-state index in [0.717, 1.165) is 6.20 Å². The fourth-order valence-electron chi connectivity index (χ4n) is 1.93. The first-order valence-corrected chi connectivity index (χ1v) is 6.05. The van der Waals surface area contributed by atoms with E-state index in [9.17, 15) is 22.0 Å². The van der Waals surface area contributed by atoms with Crippen molar-refractivity contribution < 1.29 is 22.0 Å². The largest absolute Gasteiger partial charge is 0.319 e.